The second-order valence-electron chi connectivity index (χ2n) is 5.35. The van der Waals surface area contributed by atoms with E-state index in [4.69, 9.17) is 54.0 Å². The molecule has 0 unspecified atom stereocenters. The fourth-order valence-electron chi connectivity index (χ4n) is 2.50. The molecule has 0 aliphatic carbocycles. The van der Waals surface area contributed by atoms with E-state index in [2.05, 4.69) is 0 Å². The van der Waals surface area contributed by atoms with Crippen LogP contribution >= 0.6 is 58.7 Å². The lowest BCUT2D eigenvalue weighted by molar-refractivity contribution is 0.628. The fourth-order valence-corrected chi connectivity index (χ4v) is 4.00. The van der Waals surface area contributed by atoms with Gasteiger partial charge in [0.1, 0.15) is 11.5 Å². The van der Waals surface area contributed by atoms with Crippen molar-refractivity contribution in [3.05, 3.63) is 46.5 Å². The van der Waals surface area contributed by atoms with E-state index in [0.717, 1.165) is 33.4 Å². The van der Waals surface area contributed by atoms with E-state index in [-0.39, 0.29) is 0 Å². The van der Waals surface area contributed by atoms with Crippen LogP contribution in [0.1, 0.15) is 22.3 Å². The van der Waals surface area contributed by atoms with Gasteiger partial charge in [-0.05, 0) is 107 Å². The number of benzene rings is 2. The average Bonchev–Trinajstić information content (AvgIpc) is 2.48. The van der Waals surface area contributed by atoms with Crippen LogP contribution in [0.5, 0.6) is 11.5 Å². The Morgan fingerprint density at radius 1 is 0.625 bits per heavy atom. The molecule has 2 rings (SSSR count). The minimum atomic E-state index is -1.59. The highest BCUT2D eigenvalue weighted by atomic mass is 35.9. The van der Waals surface area contributed by atoms with Crippen LogP contribution in [0.4, 0.5) is 0 Å². The van der Waals surface area contributed by atoms with E-state index >= 15 is 0 Å². The Balaban J connectivity index is 2.79. The summed E-state index contributed by atoms with van der Waals surface area (Å²) in [6, 6.07) is 7.69. The number of hydrogen-bond donors (Lipinski definition) is 0. The van der Waals surface area contributed by atoms with E-state index < -0.39 is 13.7 Å². The molecule has 0 aliphatic heterocycles. The number of rotatable bonds is 5. The number of aryl methyl sites for hydroxylation is 2. The minimum absolute atomic E-state index is 0.612. The van der Waals surface area contributed by atoms with Gasteiger partial charge in [-0.2, -0.15) is 0 Å². The molecule has 24 heavy (non-hydrogen) atoms. The SMILES string of the molecule is Cc1ccc(OP(Cl)Cl)c(-c2c(OP(Cl)Cl)ccc(C)c2C)c1C. The number of hydrogen-bond acceptors (Lipinski definition) is 2. The zero-order valence-electron chi connectivity index (χ0n) is 13.5. The smallest absolute Gasteiger partial charge is 0.284 e. The van der Waals surface area contributed by atoms with Gasteiger partial charge in [0.05, 0.1) is 0 Å². The average molecular weight is 444 g/mol. The third-order valence-electron chi connectivity index (χ3n) is 3.98. The van der Waals surface area contributed by atoms with Crippen LogP contribution in [0.3, 0.4) is 0 Å². The highest BCUT2D eigenvalue weighted by Crippen LogP contribution is 2.55. The third kappa shape index (κ3) is 4.61. The van der Waals surface area contributed by atoms with E-state index in [1.165, 1.54) is 0 Å². The normalized spacial score (nSPS) is 11.2. The summed E-state index contributed by atoms with van der Waals surface area (Å²) >= 11 is 23.6. The van der Waals surface area contributed by atoms with Crippen LogP contribution in [0.15, 0.2) is 24.3 Å². The zero-order valence-corrected chi connectivity index (χ0v) is 18.3. The summed E-state index contributed by atoms with van der Waals surface area (Å²) in [5, 5.41) is 0. The summed E-state index contributed by atoms with van der Waals surface area (Å²) in [6.07, 6.45) is 0. The van der Waals surface area contributed by atoms with Crippen molar-refractivity contribution >= 4 is 58.7 Å². The van der Waals surface area contributed by atoms with Crippen molar-refractivity contribution in [3.8, 4) is 22.6 Å². The van der Waals surface area contributed by atoms with Gasteiger partial charge in [-0.1, -0.05) is 12.1 Å². The first-order valence-electron chi connectivity index (χ1n) is 7.02. The molecular weight excluding hydrogens is 428 g/mol. The van der Waals surface area contributed by atoms with Gasteiger partial charge in [0, 0.05) is 11.1 Å². The van der Waals surface area contributed by atoms with Gasteiger partial charge in [-0.3, -0.25) is 0 Å². The van der Waals surface area contributed by atoms with Crippen molar-refractivity contribution < 1.29 is 9.05 Å². The van der Waals surface area contributed by atoms with Gasteiger partial charge in [0.15, 0.2) is 0 Å². The predicted molar refractivity (Wildman–Crippen MR) is 109 cm³/mol. The summed E-state index contributed by atoms with van der Waals surface area (Å²) in [4.78, 5) is 0. The topological polar surface area (TPSA) is 18.5 Å². The fraction of sp³-hybridized carbons (Fsp3) is 0.250. The molecule has 130 valence electrons. The molecule has 0 aromatic heterocycles. The summed E-state index contributed by atoms with van der Waals surface area (Å²) in [5.74, 6) is 1.22. The molecule has 0 bridgehead atoms. The molecule has 0 fully saturated rings. The van der Waals surface area contributed by atoms with Crippen LogP contribution in [0, 0.1) is 27.7 Å². The summed E-state index contributed by atoms with van der Waals surface area (Å²) < 4.78 is 11.3. The maximum atomic E-state index is 5.90. The quantitative estimate of drug-likeness (QED) is 0.430. The first kappa shape index (κ1) is 20.4. The van der Waals surface area contributed by atoms with Crippen LogP contribution in [0.2, 0.25) is 0 Å². The first-order chi connectivity index (χ1) is 11.2. The Morgan fingerprint density at radius 3 is 1.25 bits per heavy atom. The van der Waals surface area contributed by atoms with Crippen molar-refractivity contribution in [2.75, 3.05) is 0 Å². The van der Waals surface area contributed by atoms with Gasteiger partial charge in [-0.25, -0.2) is 0 Å². The van der Waals surface area contributed by atoms with Crippen LogP contribution < -0.4 is 9.05 Å². The maximum absolute atomic E-state index is 5.90. The minimum Gasteiger partial charge on any atom is -0.444 e. The Kier molecular flexibility index (Phi) is 7.33. The van der Waals surface area contributed by atoms with E-state index in [9.17, 15) is 0 Å². The Bertz CT molecular complexity index is 688. The Hall–Kier alpha value is 0.0600. The van der Waals surface area contributed by atoms with Crippen LogP contribution in [-0.4, -0.2) is 0 Å². The van der Waals surface area contributed by atoms with Gasteiger partial charge < -0.3 is 9.05 Å². The van der Waals surface area contributed by atoms with Crippen molar-refractivity contribution in [2.45, 2.75) is 27.7 Å². The largest absolute Gasteiger partial charge is 0.444 e. The second-order valence-corrected chi connectivity index (χ2v) is 11.2. The van der Waals surface area contributed by atoms with Gasteiger partial charge in [0.25, 0.3) is 13.7 Å². The molecule has 0 N–H and O–H groups in total. The molecule has 0 saturated carbocycles. The van der Waals surface area contributed by atoms with Gasteiger partial charge in [-0.15, -0.1) is 0 Å². The molecule has 2 aromatic rings. The van der Waals surface area contributed by atoms with Crippen molar-refractivity contribution in [1.29, 1.82) is 0 Å². The molecule has 0 heterocycles. The van der Waals surface area contributed by atoms with Crippen LogP contribution in [-0.2, 0) is 0 Å². The predicted octanol–water partition coefficient (Wildman–Crippen LogP) is 8.75. The lowest BCUT2D eigenvalue weighted by Gasteiger charge is -2.21. The zero-order chi connectivity index (χ0) is 18.0. The van der Waals surface area contributed by atoms with E-state index in [0.29, 0.717) is 11.5 Å². The number of halogens is 4. The Morgan fingerprint density at radius 2 is 0.958 bits per heavy atom. The standard InChI is InChI=1S/C16H16Cl4O2P2/c1-9-5-7-13(21-23(17)18)15(11(9)3)16-12(4)10(2)6-8-14(16)22-24(19)20/h5-8H,1-4H3. The molecule has 0 saturated heterocycles. The molecule has 0 aliphatic rings. The summed E-state index contributed by atoms with van der Waals surface area (Å²) in [6.45, 7) is 4.94. The highest BCUT2D eigenvalue weighted by molar-refractivity contribution is 8.01. The third-order valence-corrected chi connectivity index (χ3v) is 5.48. The second kappa shape index (κ2) is 8.63. The molecule has 0 atom stereocenters. The maximum Gasteiger partial charge on any atom is 0.284 e. The molecular formula is C16H16Cl4O2P2. The first-order valence-corrected chi connectivity index (χ1v) is 13.2. The van der Waals surface area contributed by atoms with E-state index in [1.54, 1.807) is 0 Å². The van der Waals surface area contributed by atoms with E-state index in [1.807, 2.05) is 52.0 Å². The van der Waals surface area contributed by atoms with Gasteiger partial charge >= 0.3 is 0 Å². The molecule has 0 amide bonds. The van der Waals surface area contributed by atoms with Crippen molar-refractivity contribution in [2.24, 2.45) is 0 Å². The Labute approximate surface area is 164 Å². The molecule has 2 nitrogen and oxygen atoms in total. The molecule has 2 aromatic carbocycles. The lowest BCUT2D eigenvalue weighted by Crippen LogP contribution is -1.98. The van der Waals surface area contributed by atoms with Crippen molar-refractivity contribution in [3.63, 3.8) is 0 Å². The van der Waals surface area contributed by atoms with Crippen LogP contribution in [0.25, 0.3) is 11.1 Å². The molecule has 0 radical (unpaired) electrons. The lowest BCUT2D eigenvalue weighted by atomic mass is 9.90. The monoisotopic (exact) mass is 442 g/mol. The summed E-state index contributed by atoms with van der Waals surface area (Å²) in [5.41, 5.74) is 6.15. The highest BCUT2D eigenvalue weighted by Gasteiger charge is 2.22. The molecule has 0 spiro atoms. The van der Waals surface area contributed by atoms with Crippen molar-refractivity contribution in [1.82, 2.24) is 0 Å². The molecule has 8 heteroatoms. The van der Waals surface area contributed by atoms with Gasteiger partial charge in [0.2, 0.25) is 0 Å². The summed E-state index contributed by atoms with van der Waals surface area (Å²) in [7, 11) is 0.